The highest BCUT2D eigenvalue weighted by Gasteiger charge is 2.39. The Hall–Kier alpha value is -3.23. The molecule has 7 nitrogen and oxygen atoms in total. The number of pyridine rings is 1. The van der Waals surface area contributed by atoms with Gasteiger partial charge in [0.25, 0.3) is 5.91 Å². The Labute approximate surface area is 188 Å². The highest BCUT2D eigenvalue weighted by atomic mass is 35.5. The normalized spacial score (nSPS) is 20.3. The summed E-state index contributed by atoms with van der Waals surface area (Å²) < 4.78 is 18.2. The second kappa shape index (κ2) is 7.43. The smallest absolute Gasteiger partial charge is 0.251 e. The van der Waals surface area contributed by atoms with Crippen LogP contribution in [0.3, 0.4) is 0 Å². The molecule has 164 valence electrons. The van der Waals surface area contributed by atoms with Gasteiger partial charge < -0.3 is 10.4 Å². The molecule has 1 saturated carbocycles. The van der Waals surface area contributed by atoms with Crippen LogP contribution in [0.25, 0.3) is 28.0 Å². The number of amides is 1. The highest BCUT2D eigenvalue weighted by Crippen LogP contribution is 2.38. The first-order valence-corrected chi connectivity index (χ1v) is 10.6. The Morgan fingerprint density at radius 3 is 2.81 bits per heavy atom. The number of rotatable bonds is 4. The maximum absolute atomic E-state index is 15.0. The summed E-state index contributed by atoms with van der Waals surface area (Å²) in [5, 5.41) is 17.2. The summed E-state index contributed by atoms with van der Waals surface area (Å²) in [6, 6.07) is 7.98. The van der Waals surface area contributed by atoms with Gasteiger partial charge in [-0.15, -0.1) is 0 Å². The van der Waals surface area contributed by atoms with Gasteiger partial charge in [0.2, 0.25) is 0 Å². The summed E-state index contributed by atoms with van der Waals surface area (Å²) in [5.41, 5.74) is 2.05. The van der Waals surface area contributed by atoms with Crippen molar-refractivity contribution < 1.29 is 14.3 Å². The van der Waals surface area contributed by atoms with Crippen molar-refractivity contribution >= 4 is 23.2 Å². The summed E-state index contributed by atoms with van der Waals surface area (Å²) in [4.78, 5) is 17.2. The first-order chi connectivity index (χ1) is 15.2. The van der Waals surface area contributed by atoms with Crippen molar-refractivity contribution in [1.82, 2.24) is 24.5 Å². The lowest BCUT2D eigenvalue weighted by atomic mass is 9.77. The number of hydrogen-bond acceptors (Lipinski definition) is 4. The lowest BCUT2D eigenvalue weighted by Gasteiger charge is -2.41. The van der Waals surface area contributed by atoms with E-state index in [1.807, 2.05) is 0 Å². The Bertz CT molecular complexity index is 1350. The van der Waals surface area contributed by atoms with Gasteiger partial charge in [-0.2, -0.15) is 5.10 Å². The number of hydrogen-bond donors (Lipinski definition) is 2. The molecule has 0 radical (unpaired) electrons. The number of aryl methyl sites for hydroxylation is 1. The fourth-order valence-electron chi connectivity index (χ4n) is 4.25. The van der Waals surface area contributed by atoms with Crippen molar-refractivity contribution in [2.24, 2.45) is 7.05 Å². The van der Waals surface area contributed by atoms with E-state index in [-0.39, 0.29) is 28.4 Å². The number of halogens is 2. The number of carbonyl (C=O) groups excluding carboxylic acids is 1. The summed E-state index contributed by atoms with van der Waals surface area (Å²) in [6.07, 6.45) is 6.13. The van der Waals surface area contributed by atoms with E-state index in [0.717, 1.165) is 5.56 Å². The van der Waals surface area contributed by atoms with E-state index >= 15 is 0 Å². The molecule has 0 spiro atoms. The predicted molar refractivity (Wildman–Crippen MR) is 119 cm³/mol. The third kappa shape index (κ3) is 3.55. The van der Waals surface area contributed by atoms with Crippen LogP contribution in [0.15, 0.2) is 48.9 Å². The molecule has 1 amide bonds. The summed E-state index contributed by atoms with van der Waals surface area (Å²) >= 11 is 6.59. The molecule has 32 heavy (non-hydrogen) atoms. The average Bonchev–Trinajstić information content (AvgIpc) is 3.29. The molecule has 0 bridgehead atoms. The molecule has 0 aliphatic heterocycles. The molecule has 1 aromatic carbocycles. The number of nitrogens with zero attached hydrogens (tertiary/aromatic N) is 4. The maximum atomic E-state index is 15.0. The van der Waals surface area contributed by atoms with E-state index in [1.54, 1.807) is 65.9 Å². The fraction of sp³-hybridized carbons (Fsp3) is 0.261. The van der Waals surface area contributed by atoms with Gasteiger partial charge in [-0.05, 0) is 43.5 Å². The van der Waals surface area contributed by atoms with E-state index in [0.29, 0.717) is 29.6 Å². The van der Waals surface area contributed by atoms with Crippen molar-refractivity contribution in [3.8, 4) is 22.4 Å². The van der Waals surface area contributed by atoms with Crippen LogP contribution in [0.4, 0.5) is 4.39 Å². The summed E-state index contributed by atoms with van der Waals surface area (Å²) in [7, 11) is 1.79. The number of benzene rings is 1. The van der Waals surface area contributed by atoms with Crippen LogP contribution >= 0.6 is 11.6 Å². The minimum absolute atomic E-state index is 0.0620. The van der Waals surface area contributed by atoms with Crippen LogP contribution in [0.5, 0.6) is 0 Å². The lowest BCUT2D eigenvalue weighted by Crippen LogP contribution is -2.53. The predicted octanol–water partition coefficient (Wildman–Crippen LogP) is 3.84. The maximum Gasteiger partial charge on any atom is 0.251 e. The molecule has 9 heteroatoms. The van der Waals surface area contributed by atoms with Crippen LogP contribution < -0.4 is 5.32 Å². The molecule has 0 atom stereocenters. The second-order valence-electron chi connectivity index (χ2n) is 8.54. The van der Waals surface area contributed by atoms with E-state index in [4.69, 9.17) is 11.6 Å². The highest BCUT2D eigenvalue weighted by molar-refractivity contribution is 6.32. The van der Waals surface area contributed by atoms with Gasteiger partial charge in [0.05, 0.1) is 11.8 Å². The molecule has 1 fully saturated rings. The number of aromatic nitrogens is 4. The van der Waals surface area contributed by atoms with Crippen molar-refractivity contribution in [3.05, 3.63) is 65.5 Å². The van der Waals surface area contributed by atoms with Gasteiger partial charge in [-0.25, -0.2) is 9.37 Å². The minimum Gasteiger partial charge on any atom is -0.390 e. The van der Waals surface area contributed by atoms with E-state index in [2.05, 4.69) is 15.4 Å². The molecule has 1 aliphatic rings. The van der Waals surface area contributed by atoms with E-state index in [9.17, 15) is 14.3 Å². The molecule has 1 aliphatic carbocycles. The van der Waals surface area contributed by atoms with Crippen LogP contribution in [0.1, 0.15) is 30.1 Å². The lowest BCUT2D eigenvalue weighted by molar-refractivity contribution is -0.0366. The van der Waals surface area contributed by atoms with Crippen LogP contribution in [-0.4, -0.2) is 41.8 Å². The van der Waals surface area contributed by atoms with Crippen LogP contribution in [-0.2, 0) is 7.05 Å². The number of nitrogens with one attached hydrogen (secondary N) is 1. The topological polar surface area (TPSA) is 84.5 Å². The molecule has 5 rings (SSSR count). The Morgan fingerprint density at radius 1 is 1.34 bits per heavy atom. The molecular formula is C23H21ClFN5O2. The van der Waals surface area contributed by atoms with Gasteiger partial charge in [0.15, 0.2) is 0 Å². The molecule has 3 heterocycles. The van der Waals surface area contributed by atoms with Gasteiger partial charge in [0, 0.05) is 42.2 Å². The number of aliphatic hydroxyl groups is 1. The van der Waals surface area contributed by atoms with E-state index < -0.39 is 11.4 Å². The SMILES string of the molecule is Cn1cc(-c2cccc(F)c2-c2nc3cc(C(=O)NC4CC(C)(O)C4)ccn3c2Cl)cn1. The van der Waals surface area contributed by atoms with Crippen molar-refractivity contribution in [1.29, 1.82) is 0 Å². The third-order valence-corrected chi connectivity index (χ3v) is 6.16. The van der Waals surface area contributed by atoms with Gasteiger partial charge >= 0.3 is 0 Å². The monoisotopic (exact) mass is 453 g/mol. The minimum atomic E-state index is -0.723. The molecule has 2 N–H and O–H groups in total. The van der Waals surface area contributed by atoms with Crippen molar-refractivity contribution in [2.45, 2.75) is 31.4 Å². The zero-order chi connectivity index (χ0) is 22.6. The summed E-state index contributed by atoms with van der Waals surface area (Å²) in [6.45, 7) is 1.75. The molecule has 0 saturated heterocycles. The van der Waals surface area contributed by atoms with Crippen molar-refractivity contribution in [3.63, 3.8) is 0 Å². The zero-order valence-corrected chi connectivity index (χ0v) is 18.3. The van der Waals surface area contributed by atoms with Gasteiger partial charge in [-0.1, -0.05) is 23.7 Å². The molecule has 0 unspecified atom stereocenters. The molecular weight excluding hydrogens is 433 g/mol. The first kappa shape index (κ1) is 20.7. The third-order valence-electron chi connectivity index (χ3n) is 5.80. The van der Waals surface area contributed by atoms with Crippen LogP contribution in [0, 0.1) is 5.82 Å². The van der Waals surface area contributed by atoms with E-state index in [1.165, 1.54) is 6.07 Å². The summed E-state index contributed by atoms with van der Waals surface area (Å²) in [5.74, 6) is -0.706. The Kier molecular flexibility index (Phi) is 4.79. The largest absolute Gasteiger partial charge is 0.390 e. The quantitative estimate of drug-likeness (QED) is 0.491. The average molecular weight is 454 g/mol. The Morgan fingerprint density at radius 2 is 2.12 bits per heavy atom. The second-order valence-corrected chi connectivity index (χ2v) is 8.89. The van der Waals surface area contributed by atoms with Gasteiger partial charge in [-0.3, -0.25) is 13.9 Å². The molecule has 4 aromatic rings. The zero-order valence-electron chi connectivity index (χ0n) is 17.5. The van der Waals surface area contributed by atoms with Crippen molar-refractivity contribution in [2.75, 3.05) is 0 Å². The fourth-order valence-corrected chi connectivity index (χ4v) is 4.53. The van der Waals surface area contributed by atoms with Crippen LogP contribution in [0.2, 0.25) is 5.15 Å². The molecule has 3 aromatic heterocycles. The standard InChI is InChI=1S/C23H21ClFN5O2/c1-23(32)9-15(10-23)27-22(31)13-6-7-30-18(8-13)28-20(21(30)24)19-16(4-3-5-17(19)25)14-11-26-29(2)12-14/h3-8,11-12,15,32H,9-10H2,1-2H3,(H,27,31). The number of fused-ring (bicyclic) bond motifs is 1. The van der Waals surface area contributed by atoms with Gasteiger partial charge in [0.1, 0.15) is 22.3 Å². The Balaban J connectivity index is 1.53. The number of carbonyl (C=O) groups is 1. The first-order valence-electron chi connectivity index (χ1n) is 10.2. The number of imidazole rings is 1.